The van der Waals surface area contributed by atoms with E-state index in [1.54, 1.807) is 4.57 Å². The van der Waals surface area contributed by atoms with Crippen LogP contribution in [0.2, 0.25) is 0 Å². The Balaban J connectivity index is 2.43. The number of hydrogen-bond acceptors (Lipinski definition) is 5. The van der Waals surface area contributed by atoms with Crippen LogP contribution < -0.4 is 0 Å². The Hall–Kier alpha value is -0.0900. The van der Waals surface area contributed by atoms with Crippen molar-refractivity contribution in [1.82, 2.24) is 4.57 Å². The lowest BCUT2D eigenvalue weighted by molar-refractivity contribution is 0.421. The van der Waals surface area contributed by atoms with Gasteiger partial charge in [0.05, 0.1) is 0 Å². The summed E-state index contributed by atoms with van der Waals surface area (Å²) in [5.74, 6) is 0.0515. The summed E-state index contributed by atoms with van der Waals surface area (Å²) >= 11 is 16.6. The summed E-state index contributed by atoms with van der Waals surface area (Å²) in [7, 11) is 0. The van der Waals surface area contributed by atoms with Gasteiger partial charge in [-0.3, -0.25) is 4.57 Å². The number of halogens is 3. The number of aromatic nitrogens is 1. The summed E-state index contributed by atoms with van der Waals surface area (Å²) in [5.41, 5.74) is 0.648. The van der Waals surface area contributed by atoms with Crippen LogP contribution >= 0.6 is 71.3 Å². The molecule has 1 heterocycles. The molecule has 0 aliphatic heterocycles. The van der Waals surface area contributed by atoms with Crippen molar-refractivity contribution in [2.75, 3.05) is 0 Å². The van der Waals surface area contributed by atoms with Crippen LogP contribution in [0.5, 0.6) is 5.88 Å². The van der Waals surface area contributed by atoms with Gasteiger partial charge in [0.2, 0.25) is 10.9 Å². The number of aromatic hydroxyl groups is 1. The molecule has 2 rings (SSSR count). The van der Waals surface area contributed by atoms with Crippen LogP contribution in [0, 0.1) is 3.95 Å². The summed E-state index contributed by atoms with van der Waals surface area (Å²) in [4.78, 5) is 0. The summed E-state index contributed by atoms with van der Waals surface area (Å²) in [5, 5.41) is 18.6. The Morgan fingerprint density at radius 3 is 2.35 bits per heavy atom. The van der Waals surface area contributed by atoms with Gasteiger partial charge < -0.3 is 5.11 Å². The second kappa shape index (κ2) is 6.78. The maximum Gasteiger partial charge on any atom is 0.232 e. The third kappa shape index (κ3) is 3.38. The molecule has 2 aromatic rings. The minimum absolute atomic E-state index is 0.0515. The van der Waals surface area contributed by atoms with Crippen LogP contribution in [0.4, 0.5) is 10.7 Å². The average Bonchev–Trinajstić information content (AvgIpc) is 2.62. The molecule has 106 valence electrons. The van der Waals surface area contributed by atoms with Gasteiger partial charge in [-0.25, -0.2) is 0 Å². The highest BCUT2D eigenvalue weighted by Crippen LogP contribution is 2.40. The van der Waals surface area contributed by atoms with Crippen molar-refractivity contribution in [3.05, 3.63) is 29.5 Å². The van der Waals surface area contributed by atoms with Gasteiger partial charge in [-0.2, -0.15) is 0 Å². The minimum Gasteiger partial charge on any atom is -0.492 e. The molecule has 0 radical (unpaired) electrons. The molecule has 0 bridgehead atoms. The molecule has 0 saturated heterocycles. The second-order valence-corrected chi connectivity index (χ2v) is 7.91. The lowest BCUT2D eigenvalue weighted by atomic mass is 10.3. The molecule has 0 spiro atoms. The van der Waals surface area contributed by atoms with E-state index >= 15 is 0 Å². The van der Waals surface area contributed by atoms with E-state index in [0.717, 1.165) is 13.4 Å². The van der Waals surface area contributed by atoms with E-state index in [1.807, 2.05) is 19.1 Å². The first-order valence-electron chi connectivity index (χ1n) is 5.43. The van der Waals surface area contributed by atoms with E-state index in [9.17, 15) is 5.11 Å². The van der Waals surface area contributed by atoms with Crippen LogP contribution in [0.25, 0.3) is 0 Å². The molecule has 0 atom stereocenters. The molecule has 0 unspecified atom stereocenters. The molecular formula is C11H8Br3N3OS2. The molecule has 0 aliphatic carbocycles. The zero-order chi connectivity index (χ0) is 14.9. The van der Waals surface area contributed by atoms with Crippen LogP contribution in [0.1, 0.15) is 6.92 Å². The van der Waals surface area contributed by atoms with Crippen molar-refractivity contribution in [3.8, 4) is 5.88 Å². The third-order valence-corrected chi connectivity index (χ3v) is 5.38. The number of rotatable bonds is 3. The molecule has 9 heteroatoms. The van der Waals surface area contributed by atoms with E-state index in [2.05, 4.69) is 58.0 Å². The Morgan fingerprint density at radius 1 is 1.25 bits per heavy atom. The van der Waals surface area contributed by atoms with Crippen molar-refractivity contribution in [2.45, 2.75) is 13.5 Å². The van der Waals surface area contributed by atoms with E-state index in [0.29, 0.717) is 21.2 Å². The Labute approximate surface area is 149 Å². The largest absolute Gasteiger partial charge is 0.492 e. The van der Waals surface area contributed by atoms with Gasteiger partial charge in [-0.05, 0) is 63.1 Å². The quantitative estimate of drug-likeness (QED) is 0.375. The topological polar surface area (TPSA) is 49.9 Å². The lowest BCUT2D eigenvalue weighted by Gasteiger charge is -2.01. The fourth-order valence-electron chi connectivity index (χ4n) is 1.45. The van der Waals surface area contributed by atoms with Gasteiger partial charge in [-0.15, -0.1) is 10.2 Å². The van der Waals surface area contributed by atoms with Gasteiger partial charge >= 0.3 is 0 Å². The number of azo groups is 1. The molecule has 0 aliphatic rings. The van der Waals surface area contributed by atoms with Crippen LogP contribution in [0.15, 0.2) is 35.8 Å². The predicted octanol–water partition coefficient (Wildman–Crippen LogP) is 6.71. The van der Waals surface area contributed by atoms with E-state index in [1.165, 1.54) is 11.3 Å². The second-order valence-electron chi connectivity index (χ2n) is 3.66. The fraction of sp³-hybridized carbons (Fsp3) is 0.182. The maximum absolute atomic E-state index is 9.99. The first-order chi connectivity index (χ1) is 9.43. The van der Waals surface area contributed by atoms with Crippen molar-refractivity contribution in [1.29, 1.82) is 0 Å². The minimum atomic E-state index is 0.0515. The zero-order valence-corrected chi connectivity index (χ0v) is 16.5. The summed E-state index contributed by atoms with van der Waals surface area (Å²) in [6.45, 7) is 2.51. The highest BCUT2D eigenvalue weighted by atomic mass is 79.9. The van der Waals surface area contributed by atoms with Crippen LogP contribution in [0.3, 0.4) is 0 Å². The number of nitrogens with zero attached hydrogens (tertiary/aromatic N) is 3. The predicted molar refractivity (Wildman–Crippen MR) is 94.2 cm³/mol. The third-order valence-electron chi connectivity index (χ3n) is 2.39. The van der Waals surface area contributed by atoms with Gasteiger partial charge in [0, 0.05) is 20.0 Å². The van der Waals surface area contributed by atoms with Gasteiger partial charge in [0.15, 0.2) is 3.95 Å². The monoisotopic (exact) mass is 499 g/mol. The summed E-state index contributed by atoms with van der Waals surface area (Å²) in [6.07, 6.45) is 0. The van der Waals surface area contributed by atoms with Crippen LogP contribution in [-0.2, 0) is 6.54 Å². The smallest absolute Gasteiger partial charge is 0.232 e. The van der Waals surface area contributed by atoms with Crippen molar-refractivity contribution in [3.63, 3.8) is 0 Å². The van der Waals surface area contributed by atoms with E-state index in [4.69, 9.17) is 12.2 Å². The molecule has 0 amide bonds. The Morgan fingerprint density at radius 2 is 1.85 bits per heavy atom. The lowest BCUT2D eigenvalue weighted by Crippen LogP contribution is -1.90. The highest BCUT2D eigenvalue weighted by molar-refractivity contribution is 9.11. The first kappa shape index (κ1) is 16.3. The Kier molecular flexibility index (Phi) is 5.52. The zero-order valence-electron chi connectivity index (χ0n) is 10.1. The van der Waals surface area contributed by atoms with Crippen molar-refractivity contribution >= 4 is 82.0 Å². The van der Waals surface area contributed by atoms with E-state index < -0.39 is 0 Å². The van der Waals surface area contributed by atoms with E-state index in [-0.39, 0.29) is 5.88 Å². The van der Waals surface area contributed by atoms with Gasteiger partial charge in [0.1, 0.15) is 5.69 Å². The number of hydrogen-bond donors (Lipinski definition) is 1. The molecule has 20 heavy (non-hydrogen) atoms. The number of thiazole rings is 1. The van der Waals surface area contributed by atoms with Gasteiger partial charge in [-0.1, -0.05) is 27.3 Å². The normalized spacial score (nSPS) is 11.4. The molecule has 1 aromatic carbocycles. The van der Waals surface area contributed by atoms with Gasteiger partial charge in [0.25, 0.3) is 0 Å². The van der Waals surface area contributed by atoms with Crippen molar-refractivity contribution < 1.29 is 5.11 Å². The summed E-state index contributed by atoms with van der Waals surface area (Å²) in [6, 6.07) is 3.75. The molecule has 4 nitrogen and oxygen atoms in total. The molecule has 0 saturated carbocycles. The highest BCUT2D eigenvalue weighted by Gasteiger charge is 2.11. The average molecular weight is 502 g/mol. The molecule has 1 N–H and O–H groups in total. The molecular weight excluding hydrogens is 494 g/mol. The standard InChI is InChI=1S/C11H8Br3N3OS2/c1-2-17-10(18)9(20-11(17)19)16-15-8-6(13)3-5(12)4-7(8)14/h3-4,18H,2H2,1H3. The van der Waals surface area contributed by atoms with Crippen LogP contribution in [-0.4, -0.2) is 9.67 Å². The first-order valence-corrected chi connectivity index (χ1v) is 9.03. The molecule has 1 aromatic heterocycles. The van der Waals surface area contributed by atoms with Crippen molar-refractivity contribution in [2.24, 2.45) is 10.2 Å². The summed E-state index contributed by atoms with van der Waals surface area (Å²) < 4.78 is 4.69. The fourth-order valence-corrected chi connectivity index (χ4v) is 5.10. The SMILES string of the molecule is CCn1c(O)c(N=Nc2c(Br)cc(Br)cc2Br)sc1=S. The maximum atomic E-state index is 9.99. The Bertz CT molecular complexity index is 716. The molecule has 0 fully saturated rings. The number of benzene rings is 1.